The predicted molar refractivity (Wildman–Crippen MR) is 90.6 cm³/mol. The molecule has 3 N–H and O–H groups in total. The molecule has 0 radical (unpaired) electrons. The maximum atomic E-state index is 11.6. The summed E-state index contributed by atoms with van der Waals surface area (Å²) in [4.78, 5) is 11.6. The van der Waals surface area contributed by atoms with E-state index in [1.165, 1.54) is 38.5 Å². The smallest absolute Gasteiger partial charge is 0.305 e. The van der Waals surface area contributed by atoms with Crippen molar-refractivity contribution >= 4 is 5.97 Å². The van der Waals surface area contributed by atoms with Gasteiger partial charge in [-0.05, 0) is 6.42 Å². The van der Waals surface area contributed by atoms with Gasteiger partial charge in [0.1, 0.15) is 31.0 Å². The Balaban J connectivity index is 1.96. The second-order valence-electron chi connectivity index (χ2n) is 6.68. The predicted octanol–water partition coefficient (Wildman–Crippen LogP) is 1.93. The molecule has 0 bridgehead atoms. The zero-order valence-electron chi connectivity index (χ0n) is 14.9. The maximum Gasteiger partial charge on any atom is 0.305 e. The number of carbonyl (C=O) groups excluding carboxylic acids is 1. The number of hydrogen-bond acceptors (Lipinski definition) is 6. The van der Waals surface area contributed by atoms with Gasteiger partial charge in [-0.1, -0.05) is 58.3 Å². The van der Waals surface area contributed by atoms with Crippen molar-refractivity contribution in [3.8, 4) is 0 Å². The van der Waals surface area contributed by atoms with Crippen LogP contribution in [0.25, 0.3) is 0 Å². The summed E-state index contributed by atoms with van der Waals surface area (Å²) < 4.78 is 10.1. The number of carbonyl (C=O) groups is 1. The number of ether oxygens (including phenoxy) is 2. The van der Waals surface area contributed by atoms with Crippen LogP contribution < -0.4 is 0 Å². The molecule has 0 aliphatic carbocycles. The van der Waals surface area contributed by atoms with Crippen LogP contribution in [0.4, 0.5) is 0 Å². The number of esters is 1. The number of aliphatic hydroxyl groups is 3. The molecular weight excluding hydrogens is 312 g/mol. The lowest BCUT2D eigenvalue weighted by atomic mass is 10.1. The fourth-order valence-corrected chi connectivity index (χ4v) is 2.89. The van der Waals surface area contributed by atoms with Crippen molar-refractivity contribution in [3.05, 3.63) is 0 Å². The van der Waals surface area contributed by atoms with E-state index in [0.717, 1.165) is 19.3 Å². The molecule has 1 fully saturated rings. The van der Waals surface area contributed by atoms with Crippen LogP contribution in [0, 0.1) is 0 Å². The van der Waals surface area contributed by atoms with Crippen LogP contribution in [0.15, 0.2) is 0 Å². The zero-order chi connectivity index (χ0) is 17.8. The van der Waals surface area contributed by atoms with Gasteiger partial charge in [-0.2, -0.15) is 0 Å². The largest absolute Gasteiger partial charge is 0.463 e. The Kier molecular flexibility index (Phi) is 11.2. The molecule has 0 aromatic rings. The molecule has 1 saturated heterocycles. The van der Waals surface area contributed by atoms with Crippen LogP contribution in [-0.4, -0.2) is 58.9 Å². The van der Waals surface area contributed by atoms with Gasteiger partial charge in [0.15, 0.2) is 0 Å². The Morgan fingerprint density at radius 3 is 2.21 bits per heavy atom. The summed E-state index contributed by atoms with van der Waals surface area (Å²) in [6.07, 6.45) is 6.84. The first-order valence-corrected chi connectivity index (χ1v) is 9.37. The molecule has 0 aromatic carbocycles. The molecule has 6 heteroatoms. The van der Waals surface area contributed by atoms with Crippen molar-refractivity contribution in [3.63, 3.8) is 0 Å². The number of rotatable bonds is 13. The van der Waals surface area contributed by atoms with E-state index < -0.39 is 24.4 Å². The van der Waals surface area contributed by atoms with Gasteiger partial charge in [0.2, 0.25) is 0 Å². The molecule has 6 nitrogen and oxygen atoms in total. The third kappa shape index (κ3) is 8.42. The summed E-state index contributed by atoms with van der Waals surface area (Å²) in [5.74, 6) is -0.343. The zero-order valence-corrected chi connectivity index (χ0v) is 14.9. The minimum atomic E-state index is -1.14. The highest BCUT2D eigenvalue weighted by molar-refractivity contribution is 5.69. The molecule has 4 atom stereocenters. The monoisotopic (exact) mass is 346 g/mol. The minimum absolute atomic E-state index is 0.0186. The lowest BCUT2D eigenvalue weighted by Crippen LogP contribution is -2.41. The first kappa shape index (κ1) is 21.4. The van der Waals surface area contributed by atoms with Gasteiger partial charge in [0.05, 0.1) is 6.61 Å². The summed E-state index contributed by atoms with van der Waals surface area (Å²) in [5, 5.41) is 28.8. The Bertz CT molecular complexity index is 335. The van der Waals surface area contributed by atoms with Gasteiger partial charge in [-0.3, -0.25) is 4.79 Å². The third-order valence-electron chi connectivity index (χ3n) is 4.47. The van der Waals surface area contributed by atoms with Crippen LogP contribution in [0.3, 0.4) is 0 Å². The molecule has 1 aliphatic heterocycles. The highest BCUT2D eigenvalue weighted by Gasteiger charge is 2.39. The lowest BCUT2D eigenvalue weighted by Gasteiger charge is -2.20. The van der Waals surface area contributed by atoms with Crippen LogP contribution in [0.1, 0.15) is 71.1 Å². The van der Waals surface area contributed by atoms with Crippen molar-refractivity contribution in [2.45, 2.75) is 95.5 Å². The summed E-state index contributed by atoms with van der Waals surface area (Å²) in [6.45, 7) is 1.98. The van der Waals surface area contributed by atoms with E-state index in [0.29, 0.717) is 6.42 Å². The van der Waals surface area contributed by atoms with E-state index in [1.54, 1.807) is 0 Å². The van der Waals surface area contributed by atoms with Crippen molar-refractivity contribution < 1.29 is 29.6 Å². The van der Waals surface area contributed by atoms with Crippen molar-refractivity contribution in [1.82, 2.24) is 0 Å². The molecule has 0 saturated carbocycles. The fourth-order valence-electron chi connectivity index (χ4n) is 2.89. The fraction of sp³-hybridized carbons (Fsp3) is 0.944. The van der Waals surface area contributed by atoms with Gasteiger partial charge in [0.25, 0.3) is 0 Å². The minimum Gasteiger partial charge on any atom is -0.463 e. The van der Waals surface area contributed by atoms with Crippen LogP contribution >= 0.6 is 0 Å². The van der Waals surface area contributed by atoms with Crippen molar-refractivity contribution in [2.24, 2.45) is 0 Å². The molecule has 0 aromatic heterocycles. The highest BCUT2D eigenvalue weighted by atomic mass is 16.6. The van der Waals surface area contributed by atoms with E-state index in [2.05, 4.69) is 6.92 Å². The third-order valence-corrected chi connectivity index (χ3v) is 4.47. The summed E-state index contributed by atoms with van der Waals surface area (Å²) in [7, 11) is 0. The standard InChI is InChI=1S/C18H34O6/c1-2-3-4-5-6-7-8-9-10-11-16(21)23-13-15(20)18-17(22)14(19)12-24-18/h14-15,17-20,22H,2-13H2,1H3/t14-,15+,17+,18-/m1/s1. The maximum absolute atomic E-state index is 11.6. The molecule has 24 heavy (non-hydrogen) atoms. The van der Waals surface area contributed by atoms with Gasteiger partial charge < -0.3 is 24.8 Å². The molecule has 0 spiro atoms. The van der Waals surface area contributed by atoms with Gasteiger partial charge in [-0.15, -0.1) is 0 Å². The second-order valence-corrected chi connectivity index (χ2v) is 6.68. The van der Waals surface area contributed by atoms with Crippen LogP contribution in [0.2, 0.25) is 0 Å². The van der Waals surface area contributed by atoms with Gasteiger partial charge >= 0.3 is 5.97 Å². The average molecular weight is 346 g/mol. The summed E-state index contributed by atoms with van der Waals surface area (Å²) in [5.41, 5.74) is 0. The quantitative estimate of drug-likeness (QED) is 0.348. The van der Waals surface area contributed by atoms with Crippen molar-refractivity contribution in [1.29, 1.82) is 0 Å². The molecule has 1 rings (SSSR count). The Hall–Kier alpha value is -0.690. The van der Waals surface area contributed by atoms with Gasteiger partial charge in [0, 0.05) is 6.42 Å². The number of hydrogen-bond donors (Lipinski definition) is 3. The number of unbranched alkanes of at least 4 members (excludes halogenated alkanes) is 8. The van der Waals surface area contributed by atoms with Gasteiger partial charge in [-0.25, -0.2) is 0 Å². The van der Waals surface area contributed by atoms with Crippen molar-refractivity contribution in [2.75, 3.05) is 13.2 Å². The first-order chi connectivity index (χ1) is 11.6. The summed E-state index contributed by atoms with van der Waals surface area (Å²) >= 11 is 0. The van der Waals surface area contributed by atoms with Crippen LogP contribution in [-0.2, 0) is 14.3 Å². The highest BCUT2D eigenvalue weighted by Crippen LogP contribution is 2.18. The molecule has 0 amide bonds. The first-order valence-electron chi connectivity index (χ1n) is 9.37. The van der Waals surface area contributed by atoms with Crippen LogP contribution in [0.5, 0.6) is 0 Å². The molecular formula is C18H34O6. The van der Waals surface area contributed by atoms with E-state index in [1.807, 2.05) is 0 Å². The van der Waals surface area contributed by atoms with E-state index >= 15 is 0 Å². The molecule has 1 aliphatic rings. The van der Waals surface area contributed by atoms with E-state index in [-0.39, 0.29) is 19.2 Å². The molecule has 142 valence electrons. The molecule has 1 heterocycles. The molecule has 0 unspecified atom stereocenters. The lowest BCUT2D eigenvalue weighted by molar-refractivity contribution is -0.151. The second kappa shape index (κ2) is 12.6. The van der Waals surface area contributed by atoms with E-state index in [4.69, 9.17) is 9.47 Å². The Morgan fingerprint density at radius 1 is 1.08 bits per heavy atom. The Labute approximate surface area is 145 Å². The SMILES string of the molecule is CCCCCCCCCCCC(=O)OC[C@H](O)[C@H]1OC[C@@H](O)[C@@H]1O. The Morgan fingerprint density at radius 2 is 1.67 bits per heavy atom. The van der Waals surface area contributed by atoms with E-state index in [9.17, 15) is 20.1 Å². The summed E-state index contributed by atoms with van der Waals surface area (Å²) in [6, 6.07) is 0. The number of aliphatic hydroxyl groups excluding tert-OH is 3. The average Bonchev–Trinajstić information content (AvgIpc) is 2.90. The normalized spacial score (nSPS) is 24.9. The topological polar surface area (TPSA) is 96.2 Å².